The standard InChI is InChI=1S/C3H4OS/c1-2-4-5-3-1/h1-2H2. The van der Waals surface area contributed by atoms with Crippen LogP contribution < -0.4 is 0 Å². The predicted octanol–water partition coefficient (Wildman–Crippen LogP) is 1.09. The molecule has 5 heavy (non-hydrogen) atoms. The van der Waals surface area contributed by atoms with E-state index in [0.29, 0.717) is 0 Å². The van der Waals surface area contributed by atoms with Gasteiger partial charge >= 0.3 is 0 Å². The third-order valence-corrected chi connectivity index (χ3v) is 1.01. The van der Waals surface area contributed by atoms with Crippen molar-refractivity contribution in [3.05, 3.63) is 5.75 Å². The van der Waals surface area contributed by atoms with Gasteiger partial charge in [-0.1, -0.05) is 0 Å². The predicted molar refractivity (Wildman–Crippen MR) is 21.4 cm³/mol. The van der Waals surface area contributed by atoms with Gasteiger partial charge in [0.1, 0.15) is 0 Å². The molecule has 0 unspecified atom stereocenters. The Bertz CT molecular complexity index is 18.5. The molecule has 0 spiro atoms. The van der Waals surface area contributed by atoms with Crippen molar-refractivity contribution in [1.82, 2.24) is 0 Å². The van der Waals surface area contributed by atoms with Gasteiger partial charge in [-0.3, -0.25) is 0 Å². The van der Waals surface area contributed by atoms with E-state index in [0.717, 1.165) is 13.0 Å². The lowest BCUT2D eigenvalue weighted by Crippen LogP contribution is -1.67. The molecular weight excluding hydrogens is 84.1 g/mol. The van der Waals surface area contributed by atoms with E-state index < -0.39 is 0 Å². The Labute approximate surface area is 35.9 Å². The molecule has 1 fully saturated rings. The van der Waals surface area contributed by atoms with Crippen molar-refractivity contribution in [3.63, 3.8) is 0 Å². The Morgan fingerprint density at radius 2 is 2.80 bits per heavy atom. The van der Waals surface area contributed by atoms with Gasteiger partial charge in [0.05, 0.1) is 12.4 Å². The average Bonchev–Trinajstić information content (AvgIpc) is 1.76. The molecule has 1 saturated heterocycles. The fourth-order valence-corrected chi connectivity index (χ4v) is 0.625. The van der Waals surface area contributed by atoms with Crippen LogP contribution in [0.1, 0.15) is 6.42 Å². The highest BCUT2D eigenvalue weighted by atomic mass is 32.2. The van der Waals surface area contributed by atoms with Gasteiger partial charge < -0.3 is 4.18 Å². The van der Waals surface area contributed by atoms with Crippen LogP contribution in [0.2, 0.25) is 0 Å². The Balaban J connectivity index is 2.08. The van der Waals surface area contributed by atoms with Gasteiger partial charge in [-0.2, -0.15) is 0 Å². The van der Waals surface area contributed by atoms with E-state index in [1.807, 2.05) is 0 Å². The first kappa shape index (κ1) is 3.50. The van der Waals surface area contributed by atoms with Crippen LogP contribution in [0.25, 0.3) is 0 Å². The maximum absolute atomic E-state index is 4.75. The highest BCUT2D eigenvalue weighted by molar-refractivity contribution is 7.96. The minimum Gasteiger partial charge on any atom is -0.315 e. The maximum Gasteiger partial charge on any atom is 0.0813 e. The first-order chi connectivity index (χ1) is 2.50. The molecular formula is C3H4OS. The van der Waals surface area contributed by atoms with Crippen molar-refractivity contribution in [2.45, 2.75) is 6.42 Å². The van der Waals surface area contributed by atoms with Gasteiger partial charge in [-0.15, -0.1) is 0 Å². The number of hydrogen-bond acceptors (Lipinski definition) is 2. The fraction of sp³-hybridized carbons (Fsp3) is 0.667. The Morgan fingerprint density at radius 1 is 1.80 bits per heavy atom. The summed E-state index contributed by atoms with van der Waals surface area (Å²) in [5, 5.41) is 0. The van der Waals surface area contributed by atoms with Gasteiger partial charge in [0.15, 0.2) is 0 Å². The minimum atomic E-state index is 0.852. The van der Waals surface area contributed by atoms with Crippen molar-refractivity contribution in [3.8, 4) is 0 Å². The van der Waals surface area contributed by atoms with Crippen LogP contribution in [0.15, 0.2) is 0 Å². The summed E-state index contributed by atoms with van der Waals surface area (Å²) in [7, 11) is 0. The van der Waals surface area contributed by atoms with E-state index in [1.54, 1.807) is 0 Å². The Kier molecular flexibility index (Phi) is 1.17. The normalized spacial score (nSPS) is 24.0. The van der Waals surface area contributed by atoms with Gasteiger partial charge in [0, 0.05) is 12.0 Å². The summed E-state index contributed by atoms with van der Waals surface area (Å²) >= 11 is 1.32. The third kappa shape index (κ3) is 0.816. The first-order valence-electron chi connectivity index (χ1n) is 1.51. The number of hydrogen-bond donors (Lipinski definition) is 0. The summed E-state index contributed by atoms with van der Waals surface area (Å²) in [5.41, 5.74) is 0. The summed E-state index contributed by atoms with van der Waals surface area (Å²) < 4.78 is 4.75. The fourth-order valence-electron chi connectivity index (χ4n) is 0.208. The molecule has 1 heterocycles. The molecule has 1 aliphatic rings. The molecule has 0 aromatic heterocycles. The van der Waals surface area contributed by atoms with Gasteiger partial charge in [-0.25, -0.2) is 0 Å². The highest BCUT2D eigenvalue weighted by Crippen LogP contribution is 2.17. The minimum absolute atomic E-state index is 0.852. The first-order valence-corrected chi connectivity index (χ1v) is 2.25. The van der Waals surface area contributed by atoms with Crippen LogP contribution in [-0.4, -0.2) is 6.61 Å². The van der Waals surface area contributed by atoms with E-state index in [4.69, 9.17) is 4.18 Å². The summed E-state index contributed by atoms with van der Waals surface area (Å²) in [6, 6.07) is 0. The topological polar surface area (TPSA) is 9.23 Å². The van der Waals surface area contributed by atoms with Crippen molar-refractivity contribution in [2.24, 2.45) is 0 Å². The molecule has 0 aromatic carbocycles. The highest BCUT2D eigenvalue weighted by Gasteiger charge is 1.98. The van der Waals surface area contributed by atoms with E-state index >= 15 is 0 Å². The average molecular weight is 88.1 g/mol. The molecule has 0 N–H and O–H groups in total. The van der Waals surface area contributed by atoms with Gasteiger partial charge in [-0.05, 0) is 6.42 Å². The largest absolute Gasteiger partial charge is 0.315 e. The lowest BCUT2D eigenvalue weighted by molar-refractivity contribution is 0.406. The SMILES string of the molecule is [C]1CCOS1. The summed E-state index contributed by atoms with van der Waals surface area (Å²) in [6.45, 7) is 0.852. The molecule has 1 rings (SSSR count). The quantitative estimate of drug-likeness (QED) is 0.410. The molecule has 2 radical (unpaired) electrons. The second-order valence-corrected chi connectivity index (χ2v) is 1.49. The van der Waals surface area contributed by atoms with E-state index in [-0.39, 0.29) is 0 Å². The van der Waals surface area contributed by atoms with E-state index in [2.05, 4.69) is 5.75 Å². The van der Waals surface area contributed by atoms with Crippen molar-refractivity contribution in [1.29, 1.82) is 0 Å². The zero-order valence-corrected chi connectivity index (χ0v) is 3.55. The maximum atomic E-state index is 4.75. The van der Waals surface area contributed by atoms with Crippen LogP contribution in [0, 0.1) is 5.75 Å². The lowest BCUT2D eigenvalue weighted by atomic mass is 10.5. The van der Waals surface area contributed by atoms with E-state index in [1.165, 1.54) is 12.0 Å². The smallest absolute Gasteiger partial charge is 0.0813 e. The van der Waals surface area contributed by atoms with Crippen LogP contribution in [-0.2, 0) is 4.18 Å². The molecule has 0 bridgehead atoms. The monoisotopic (exact) mass is 88.0 g/mol. The molecule has 0 saturated carbocycles. The lowest BCUT2D eigenvalue weighted by Gasteiger charge is -1.74. The molecule has 0 amide bonds. The van der Waals surface area contributed by atoms with Crippen LogP contribution in [0.3, 0.4) is 0 Å². The second-order valence-electron chi connectivity index (χ2n) is 0.800. The molecule has 28 valence electrons. The molecule has 0 aromatic rings. The number of rotatable bonds is 0. The summed E-state index contributed by atoms with van der Waals surface area (Å²) in [5.74, 6) is 2.92. The van der Waals surface area contributed by atoms with Crippen LogP contribution in [0.4, 0.5) is 0 Å². The zero-order chi connectivity index (χ0) is 3.54. The van der Waals surface area contributed by atoms with Crippen molar-refractivity contribution < 1.29 is 4.18 Å². The van der Waals surface area contributed by atoms with Crippen LogP contribution in [0.5, 0.6) is 0 Å². The molecule has 1 nitrogen and oxygen atoms in total. The molecule has 1 aliphatic heterocycles. The van der Waals surface area contributed by atoms with Gasteiger partial charge in [0.2, 0.25) is 0 Å². The van der Waals surface area contributed by atoms with Crippen molar-refractivity contribution >= 4 is 12.0 Å². The second kappa shape index (κ2) is 1.67. The molecule has 0 atom stereocenters. The summed E-state index contributed by atoms with van der Waals surface area (Å²) in [4.78, 5) is 0. The molecule has 0 aliphatic carbocycles. The zero-order valence-electron chi connectivity index (χ0n) is 2.73. The van der Waals surface area contributed by atoms with Crippen molar-refractivity contribution in [2.75, 3.05) is 6.61 Å². The summed E-state index contributed by atoms with van der Waals surface area (Å²) in [6.07, 6.45) is 0.991. The Morgan fingerprint density at radius 3 is 3.00 bits per heavy atom. The third-order valence-electron chi connectivity index (χ3n) is 0.405. The van der Waals surface area contributed by atoms with E-state index in [9.17, 15) is 0 Å². The Hall–Kier alpha value is 0.310. The van der Waals surface area contributed by atoms with Crippen LogP contribution >= 0.6 is 12.0 Å². The van der Waals surface area contributed by atoms with Gasteiger partial charge in [0.25, 0.3) is 0 Å². The molecule has 2 heteroatoms.